The van der Waals surface area contributed by atoms with Crippen LogP contribution in [0.15, 0.2) is 0 Å². The molecule has 4 aliphatic rings. The van der Waals surface area contributed by atoms with Crippen molar-refractivity contribution in [3.8, 4) is 0 Å². The van der Waals surface area contributed by atoms with Gasteiger partial charge in [0.2, 0.25) is 0 Å². The molecule has 18 heavy (non-hydrogen) atoms. The molecule has 4 atom stereocenters. The summed E-state index contributed by atoms with van der Waals surface area (Å²) in [5.74, 6) is 4.39. The Hall–Kier alpha value is -0.0400. The van der Waals surface area contributed by atoms with Gasteiger partial charge >= 0.3 is 0 Å². The molecule has 0 aromatic carbocycles. The predicted molar refractivity (Wildman–Crippen MR) is 75.5 cm³/mol. The van der Waals surface area contributed by atoms with Crippen molar-refractivity contribution in [3.63, 3.8) is 0 Å². The fourth-order valence-corrected chi connectivity index (χ4v) is 5.59. The molecule has 0 aromatic heterocycles. The second kappa shape index (κ2) is 4.51. The molecule has 0 aromatic rings. The lowest BCUT2D eigenvalue weighted by atomic mass is 9.74. The molecule has 0 amide bonds. The van der Waals surface area contributed by atoms with Crippen molar-refractivity contribution in [2.45, 2.75) is 76.2 Å². The Morgan fingerprint density at radius 3 is 2.61 bits per heavy atom. The Morgan fingerprint density at radius 1 is 0.944 bits per heavy atom. The average molecular weight is 247 g/mol. The van der Waals surface area contributed by atoms with Crippen LogP contribution in [0.25, 0.3) is 0 Å². The highest BCUT2D eigenvalue weighted by Crippen LogP contribution is 2.54. The van der Waals surface area contributed by atoms with Crippen molar-refractivity contribution in [2.75, 3.05) is 6.54 Å². The zero-order valence-electron chi connectivity index (χ0n) is 11.8. The molecule has 0 spiro atoms. The van der Waals surface area contributed by atoms with E-state index in [9.17, 15) is 0 Å². The summed E-state index contributed by atoms with van der Waals surface area (Å²) >= 11 is 0. The summed E-state index contributed by atoms with van der Waals surface area (Å²) in [4.78, 5) is 0. The second-order valence-electron chi connectivity index (χ2n) is 7.81. The largest absolute Gasteiger partial charge is 0.311 e. The van der Waals surface area contributed by atoms with Gasteiger partial charge in [-0.1, -0.05) is 19.3 Å². The van der Waals surface area contributed by atoms with Crippen LogP contribution in [-0.4, -0.2) is 12.1 Å². The maximum absolute atomic E-state index is 4.04. The van der Waals surface area contributed by atoms with Gasteiger partial charge in [0.25, 0.3) is 0 Å². The van der Waals surface area contributed by atoms with Crippen LogP contribution in [0.2, 0.25) is 0 Å². The van der Waals surface area contributed by atoms with E-state index in [1.165, 1.54) is 45.1 Å². The average Bonchev–Trinajstić information content (AvgIpc) is 3.10. The number of hydrogen-bond acceptors (Lipinski definition) is 1. The summed E-state index contributed by atoms with van der Waals surface area (Å²) < 4.78 is 0. The number of rotatable bonds is 3. The topological polar surface area (TPSA) is 12.0 Å². The molecule has 4 unspecified atom stereocenters. The van der Waals surface area contributed by atoms with Crippen molar-refractivity contribution < 1.29 is 0 Å². The van der Waals surface area contributed by atoms with Gasteiger partial charge in [-0.3, -0.25) is 0 Å². The Kier molecular flexibility index (Phi) is 2.94. The van der Waals surface area contributed by atoms with Crippen LogP contribution in [0.4, 0.5) is 0 Å². The number of nitrogens with one attached hydrogen (secondary N) is 1. The zero-order chi connectivity index (χ0) is 12.0. The highest BCUT2D eigenvalue weighted by molar-refractivity contribution is 5.05. The standard InChI is InChI=1S/C17H29N/c1-2-8-17(16-6-7-16,18-9-3-1)12-15-11-13-4-5-14(15)10-13/h13-16,18H,1-12H2. The summed E-state index contributed by atoms with van der Waals surface area (Å²) in [5.41, 5.74) is 0.589. The first kappa shape index (κ1) is 11.8. The molecule has 3 aliphatic carbocycles. The monoisotopic (exact) mass is 247 g/mol. The molecule has 4 fully saturated rings. The van der Waals surface area contributed by atoms with Crippen molar-refractivity contribution in [3.05, 3.63) is 0 Å². The highest BCUT2D eigenvalue weighted by atomic mass is 15.0. The van der Waals surface area contributed by atoms with E-state index < -0.39 is 0 Å². The van der Waals surface area contributed by atoms with E-state index in [2.05, 4.69) is 5.32 Å². The van der Waals surface area contributed by atoms with E-state index in [1.54, 1.807) is 32.1 Å². The van der Waals surface area contributed by atoms with Gasteiger partial charge in [0.05, 0.1) is 0 Å². The third kappa shape index (κ3) is 2.03. The second-order valence-corrected chi connectivity index (χ2v) is 7.81. The Labute approximate surface area is 112 Å². The first-order valence-electron chi connectivity index (χ1n) is 8.61. The van der Waals surface area contributed by atoms with Crippen LogP contribution in [0.5, 0.6) is 0 Å². The number of hydrogen-bond donors (Lipinski definition) is 1. The minimum absolute atomic E-state index is 0.589. The van der Waals surface area contributed by atoms with Gasteiger partial charge in [-0.05, 0) is 81.6 Å². The fourth-order valence-electron chi connectivity index (χ4n) is 5.59. The maximum atomic E-state index is 4.04. The number of fused-ring (bicyclic) bond motifs is 2. The van der Waals surface area contributed by atoms with Gasteiger partial charge < -0.3 is 5.32 Å². The van der Waals surface area contributed by atoms with Gasteiger partial charge in [-0.25, -0.2) is 0 Å². The van der Waals surface area contributed by atoms with Crippen LogP contribution < -0.4 is 5.32 Å². The molecule has 0 radical (unpaired) electrons. The quantitative estimate of drug-likeness (QED) is 0.791. The smallest absolute Gasteiger partial charge is 0.0212 e. The highest BCUT2D eigenvalue weighted by Gasteiger charge is 2.49. The van der Waals surface area contributed by atoms with Gasteiger partial charge in [0.15, 0.2) is 0 Å². The molecule has 1 heteroatoms. The van der Waals surface area contributed by atoms with Crippen LogP contribution in [0.1, 0.15) is 70.6 Å². The van der Waals surface area contributed by atoms with E-state index >= 15 is 0 Å². The first-order chi connectivity index (χ1) is 8.86. The van der Waals surface area contributed by atoms with E-state index in [4.69, 9.17) is 0 Å². The Balaban J connectivity index is 1.48. The summed E-state index contributed by atoms with van der Waals surface area (Å²) in [5, 5.41) is 4.04. The molecule has 1 nitrogen and oxygen atoms in total. The lowest BCUT2D eigenvalue weighted by Crippen LogP contribution is -2.48. The Bertz CT molecular complexity index is 299. The summed E-state index contributed by atoms with van der Waals surface area (Å²) in [6.45, 7) is 1.30. The fraction of sp³-hybridized carbons (Fsp3) is 1.00. The Morgan fingerprint density at radius 2 is 1.89 bits per heavy atom. The molecule has 3 saturated carbocycles. The van der Waals surface area contributed by atoms with Gasteiger partial charge in [-0.2, -0.15) is 0 Å². The van der Waals surface area contributed by atoms with Crippen molar-refractivity contribution in [2.24, 2.45) is 23.7 Å². The summed E-state index contributed by atoms with van der Waals surface area (Å²) in [6, 6.07) is 0. The van der Waals surface area contributed by atoms with E-state index in [0.717, 1.165) is 23.7 Å². The molecule has 2 bridgehead atoms. The molecular weight excluding hydrogens is 218 g/mol. The molecule has 1 N–H and O–H groups in total. The maximum Gasteiger partial charge on any atom is 0.0212 e. The van der Waals surface area contributed by atoms with Crippen molar-refractivity contribution >= 4 is 0 Å². The summed E-state index contributed by atoms with van der Waals surface area (Å²) in [6.07, 6.45) is 16.8. The van der Waals surface area contributed by atoms with E-state index in [1.807, 2.05) is 0 Å². The molecular formula is C17H29N. The minimum Gasteiger partial charge on any atom is -0.311 e. The molecule has 102 valence electrons. The van der Waals surface area contributed by atoms with E-state index in [-0.39, 0.29) is 0 Å². The normalized spacial score (nSPS) is 48.3. The third-order valence-electron chi connectivity index (χ3n) is 6.65. The van der Waals surface area contributed by atoms with Crippen LogP contribution in [0.3, 0.4) is 0 Å². The SMILES string of the molecule is C1CCNC(CC2CC3CCC2C3)(C2CC2)CC1. The summed E-state index contributed by atoms with van der Waals surface area (Å²) in [7, 11) is 0. The predicted octanol–water partition coefficient (Wildman–Crippen LogP) is 4.13. The molecule has 1 heterocycles. The van der Waals surface area contributed by atoms with Crippen molar-refractivity contribution in [1.29, 1.82) is 0 Å². The minimum atomic E-state index is 0.589. The van der Waals surface area contributed by atoms with Crippen LogP contribution in [-0.2, 0) is 0 Å². The van der Waals surface area contributed by atoms with Gasteiger partial charge in [-0.15, -0.1) is 0 Å². The van der Waals surface area contributed by atoms with Crippen LogP contribution >= 0.6 is 0 Å². The van der Waals surface area contributed by atoms with Crippen molar-refractivity contribution in [1.82, 2.24) is 5.32 Å². The third-order valence-corrected chi connectivity index (χ3v) is 6.65. The molecule has 1 aliphatic heterocycles. The lowest BCUT2D eigenvalue weighted by molar-refractivity contribution is 0.175. The van der Waals surface area contributed by atoms with Crippen LogP contribution in [0, 0.1) is 23.7 Å². The lowest BCUT2D eigenvalue weighted by Gasteiger charge is -2.39. The van der Waals surface area contributed by atoms with Gasteiger partial charge in [0, 0.05) is 5.54 Å². The first-order valence-corrected chi connectivity index (χ1v) is 8.61. The zero-order valence-corrected chi connectivity index (χ0v) is 11.8. The molecule has 4 rings (SSSR count). The van der Waals surface area contributed by atoms with E-state index in [0.29, 0.717) is 5.54 Å². The molecule has 1 saturated heterocycles. The van der Waals surface area contributed by atoms with Gasteiger partial charge in [0.1, 0.15) is 0 Å².